The molecule has 0 aliphatic carbocycles. The number of nitrogens with zero attached hydrogens (tertiary/aromatic N) is 1. The molecule has 0 aromatic carbocycles. The molecule has 0 N–H and O–H groups in total. The maximum absolute atomic E-state index is 2.52. The normalized spacial score (nSPS) is 23.7. The fourth-order valence-electron chi connectivity index (χ4n) is 2.37. The lowest BCUT2D eigenvalue weighted by Crippen LogP contribution is -2.54. The van der Waals surface area contributed by atoms with Crippen LogP contribution in [0.2, 0.25) is 0 Å². The molecule has 0 aromatic heterocycles. The fourth-order valence-corrected chi connectivity index (χ4v) is 2.37. The molecule has 0 saturated carbocycles. The summed E-state index contributed by atoms with van der Waals surface area (Å²) in [5.41, 5.74) is 0.643. The van der Waals surface area contributed by atoms with Crippen molar-refractivity contribution < 1.29 is 0 Å². The standard InChI is InChI=1S/C10H21N/c1-5-11-7-10(4,8-11)6-9(2)3/h9H,5-8H2,1-4H3. The lowest BCUT2D eigenvalue weighted by atomic mass is 9.75. The molecule has 1 rings (SSSR count). The van der Waals surface area contributed by atoms with Crippen LogP contribution >= 0.6 is 0 Å². The van der Waals surface area contributed by atoms with Crippen molar-refractivity contribution in [2.75, 3.05) is 19.6 Å². The third-order valence-corrected chi connectivity index (χ3v) is 2.56. The lowest BCUT2D eigenvalue weighted by Gasteiger charge is -2.49. The molecular weight excluding hydrogens is 134 g/mol. The first kappa shape index (κ1) is 9.05. The van der Waals surface area contributed by atoms with Crippen LogP contribution in [0.4, 0.5) is 0 Å². The van der Waals surface area contributed by atoms with Gasteiger partial charge in [-0.2, -0.15) is 0 Å². The van der Waals surface area contributed by atoms with Crippen LogP contribution in [0.1, 0.15) is 34.1 Å². The highest BCUT2D eigenvalue weighted by molar-refractivity contribution is 4.91. The van der Waals surface area contributed by atoms with Gasteiger partial charge in [0, 0.05) is 13.1 Å². The molecule has 11 heavy (non-hydrogen) atoms. The van der Waals surface area contributed by atoms with Gasteiger partial charge in [0.25, 0.3) is 0 Å². The number of hydrogen-bond donors (Lipinski definition) is 0. The second kappa shape index (κ2) is 3.14. The van der Waals surface area contributed by atoms with Crippen LogP contribution in [-0.4, -0.2) is 24.5 Å². The van der Waals surface area contributed by atoms with Gasteiger partial charge in [-0.3, -0.25) is 0 Å². The molecule has 0 unspecified atom stereocenters. The molecule has 0 atom stereocenters. The zero-order valence-corrected chi connectivity index (χ0v) is 8.35. The summed E-state index contributed by atoms with van der Waals surface area (Å²) in [6, 6.07) is 0. The van der Waals surface area contributed by atoms with Crippen molar-refractivity contribution >= 4 is 0 Å². The van der Waals surface area contributed by atoms with E-state index in [1.807, 2.05) is 0 Å². The molecule has 66 valence electrons. The summed E-state index contributed by atoms with van der Waals surface area (Å²) in [6.45, 7) is 13.2. The number of hydrogen-bond acceptors (Lipinski definition) is 1. The smallest absolute Gasteiger partial charge is 0.00478 e. The zero-order chi connectivity index (χ0) is 8.48. The first-order chi connectivity index (χ1) is 5.06. The fraction of sp³-hybridized carbons (Fsp3) is 1.00. The van der Waals surface area contributed by atoms with E-state index in [1.165, 1.54) is 26.1 Å². The van der Waals surface area contributed by atoms with Crippen molar-refractivity contribution in [1.82, 2.24) is 4.90 Å². The first-order valence-corrected chi connectivity index (χ1v) is 4.78. The summed E-state index contributed by atoms with van der Waals surface area (Å²) in [5.74, 6) is 0.860. The van der Waals surface area contributed by atoms with E-state index in [0.717, 1.165) is 5.92 Å². The van der Waals surface area contributed by atoms with Gasteiger partial charge in [0.2, 0.25) is 0 Å². The molecule has 0 amide bonds. The Morgan fingerprint density at radius 2 is 1.91 bits per heavy atom. The zero-order valence-electron chi connectivity index (χ0n) is 8.35. The van der Waals surface area contributed by atoms with E-state index in [1.54, 1.807) is 0 Å². The summed E-state index contributed by atoms with van der Waals surface area (Å²) in [4.78, 5) is 2.52. The van der Waals surface area contributed by atoms with Gasteiger partial charge in [-0.15, -0.1) is 0 Å². The van der Waals surface area contributed by atoms with E-state index in [0.29, 0.717) is 5.41 Å². The third-order valence-electron chi connectivity index (χ3n) is 2.56. The predicted molar refractivity (Wildman–Crippen MR) is 49.7 cm³/mol. The second-order valence-electron chi connectivity index (χ2n) is 4.71. The maximum atomic E-state index is 2.52. The van der Waals surface area contributed by atoms with Crippen LogP contribution < -0.4 is 0 Å². The topological polar surface area (TPSA) is 3.24 Å². The van der Waals surface area contributed by atoms with Crippen LogP contribution in [-0.2, 0) is 0 Å². The van der Waals surface area contributed by atoms with Crippen molar-refractivity contribution in [3.63, 3.8) is 0 Å². The molecule has 0 spiro atoms. The van der Waals surface area contributed by atoms with E-state index in [2.05, 4.69) is 32.6 Å². The lowest BCUT2D eigenvalue weighted by molar-refractivity contribution is 0.00408. The second-order valence-corrected chi connectivity index (χ2v) is 4.71. The van der Waals surface area contributed by atoms with Crippen molar-refractivity contribution in [2.24, 2.45) is 11.3 Å². The quantitative estimate of drug-likeness (QED) is 0.605. The molecule has 0 bridgehead atoms. The predicted octanol–water partition coefficient (Wildman–Crippen LogP) is 2.37. The van der Waals surface area contributed by atoms with Crippen molar-refractivity contribution in [2.45, 2.75) is 34.1 Å². The number of rotatable bonds is 3. The Kier molecular flexibility index (Phi) is 2.58. The summed E-state index contributed by atoms with van der Waals surface area (Å²) in [5, 5.41) is 0. The van der Waals surface area contributed by atoms with Crippen molar-refractivity contribution in [1.29, 1.82) is 0 Å². The minimum absolute atomic E-state index is 0.643. The summed E-state index contributed by atoms with van der Waals surface area (Å²) in [7, 11) is 0. The minimum atomic E-state index is 0.643. The van der Waals surface area contributed by atoms with Crippen molar-refractivity contribution in [3.8, 4) is 0 Å². The largest absolute Gasteiger partial charge is 0.302 e. The van der Waals surface area contributed by atoms with Gasteiger partial charge in [0.05, 0.1) is 0 Å². The molecule has 1 saturated heterocycles. The van der Waals surface area contributed by atoms with Crippen LogP contribution in [0.15, 0.2) is 0 Å². The van der Waals surface area contributed by atoms with E-state index in [9.17, 15) is 0 Å². The van der Waals surface area contributed by atoms with Gasteiger partial charge in [-0.1, -0.05) is 27.7 Å². The van der Waals surface area contributed by atoms with Crippen LogP contribution in [0.5, 0.6) is 0 Å². The highest BCUT2D eigenvalue weighted by atomic mass is 15.2. The van der Waals surface area contributed by atoms with Gasteiger partial charge < -0.3 is 4.90 Å². The van der Waals surface area contributed by atoms with Crippen LogP contribution in [0.3, 0.4) is 0 Å². The van der Waals surface area contributed by atoms with Crippen LogP contribution in [0, 0.1) is 11.3 Å². The summed E-state index contributed by atoms with van der Waals surface area (Å²) in [6.07, 6.45) is 1.39. The van der Waals surface area contributed by atoms with E-state index < -0.39 is 0 Å². The molecule has 1 aliphatic rings. The molecule has 1 heteroatoms. The Bertz CT molecular complexity index is 123. The Balaban J connectivity index is 2.25. The Morgan fingerprint density at radius 3 is 2.27 bits per heavy atom. The Labute approximate surface area is 70.8 Å². The molecule has 1 fully saturated rings. The molecule has 1 aliphatic heterocycles. The van der Waals surface area contributed by atoms with E-state index in [4.69, 9.17) is 0 Å². The highest BCUT2D eigenvalue weighted by Gasteiger charge is 2.37. The summed E-state index contributed by atoms with van der Waals surface area (Å²) < 4.78 is 0. The summed E-state index contributed by atoms with van der Waals surface area (Å²) >= 11 is 0. The number of likely N-dealkylation sites (tertiary alicyclic amines) is 1. The molecule has 1 heterocycles. The first-order valence-electron chi connectivity index (χ1n) is 4.78. The molecule has 1 nitrogen and oxygen atoms in total. The Hall–Kier alpha value is -0.0400. The SMILES string of the molecule is CCN1CC(C)(CC(C)C)C1. The molecule has 0 aromatic rings. The average Bonchev–Trinajstić information content (AvgIpc) is 1.80. The van der Waals surface area contributed by atoms with Gasteiger partial charge >= 0.3 is 0 Å². The average molecular weight is 155 g/mol. The monoisotopic (exact) mass is 155 g/mol. The van der Waals surface area contributed by atoms with Crippen LogP contribution in [0.25, 0.3) is 0 Å². The molecular formula is C10H21N. The van der Waals surface area contributed by atoms with Gasteiger partial charge in [0.15, 0.2) is 0 Å². The minimum Gasteiger partial charge on any atom is -0.302 e. The van der Waals surface area contributed by atoms with Gasteiger partial charge in [0.1, 0.15) is 0 Å². The van der Waals surface area contributed by atoms with E-state index in [-0.39, 0.29) is 0 Å². The maximum Gasteiger partial charge on any atom is 0.00478 e. The van der Waals surface area contributed by atoms with Gasteiger partial charge in [-0.25, -0.2) is 0 Å². The third kappa shape index (κ3) is 2.19. The molecule has 0 radical (unpaired) electrons. The van der Waals surface area contributed by atoms with Crippen molar-refractivity contribution in [3.05, 3.63) is 0 Å². The van der Waals surface area contributed by atoms with E-state index >= 15 is 0 Å². The van der Waals surface area contributed by atoms with Gasteiger partial charge in [-0.05, 0) is 24.3 Å². The Morgan fingerprint density at radius 1 is 1.36 bits per heavy atom. The highest BCUT2D eigenvalue weighted by Crippen LogP contribution is 2.35.